The molecule has 0 aromatic heterocycles. The fourth-order valence-electron chi connectivity index (χ4n) is 3.91. The van der Waals surface area contributed by atoms with E-state index in [9.17, 15) is 0 Å². The fourth-order valence-corrected chi connectivity index (χ4v) is 3.91. The largest absolute Gasteiger partial charge is 0.382 e. The van der Waals surface area contributed by atoms with Gasteiger partial charge in [0.1, 0.15) is 0 Å². The maximum atomic E-state index is 5.75. The van der Waals surface area contributed by atoms with Crippen LogP contribution >= 0.6 is 0 Å². The second kappa shape index (κ2) is 12.5. The lowest BCUT2D eigenvalue weighted by atomic mass is 9.83. The molecule has 6 heteroatoms. The van der Waals surface area contributed by atoms with Crippen LogP contribution in [-0.4, -0.2) is 65.7 Å². The van der Waals surface area contributed by atoms with Gasteiger partial charge in [0.25, 0.3) is 0 Å². The number of guanidine groups is 1. The van der Waals surface area contributed by atoms with Gasteiger partial charge in [0.15, 0.2) is 5.96 Å². The highest BCUT2D eigenvalue weighted by molar-refractivity contribution is 5.79. The maximum Gasteiger partial charge on any atom is 0.190 e. The third kappa shape index (κ3) is 7.80. The number of hydrogen-bond acceptors (Lipinski definition) is 4. The number of hydrogen-bond donors (Lipinski definition) is 2. The molecule has 1 unspecified atom stereocenters. The number of nitrogens with one attached hydrogen (secondary N) is 2. The van der Waals surface area contributed by atoms with E-state index in [1.807, 2.05) is 7.05 Å². The van der Waals surface area contributed by atoms with Crippen LogP contribution in [0.15, 0.2) is 4.99 Å². The Morgan fingerprint density at radius 2 is 2.04 bits per heavy atom. The Labute approximate surface area is 159 Å². The van der Waals surface area contributed by atoms with Crippen molar-refractivity contribution in [2.45, 2.75) is 51.9 Å². The van der Waals surface area contributed by atoms with Crippen LogP contribution in [0.4, 0.5) is 0 Å². The van der Waals surface area contributed by atoms with Gasteiger partial charge in [-0.15, -0.1) is 0 Å². The molecule has 6 nitrogen and oxygen atoms in total. The molecule has 1 saturated heterocycles. The van der Waals surface area contributed by atoms with E-state index in [2.05, 4.69) is 22.5 Å². The van der Waals surface area contributed by atoms with E-state index >= 15 is 0 Å². The molecule has 1 heterocycles. The van der Waals surface area contributed by atoms with Crippen molar-refractivity contribution in [3.8, 4) is 0 Å². The van der Waals surface area contributed by atoms with Crippen LogP contribution in [0.25, 0.3) is 0 Å². The molecule has 152 valence electrons. The molecule has 0 aromatic rings. The molecule has 2 aliphatic rings. The molecule has 26 heavy (non-hydrogen) atoms. The average Bonchev–Trinajstić information content (AvgIpc) is 3.33. The van der Waals surface area contributed by atoms with Gasteiger partial charge >= 0.3 is 0 Å². The van der Waals surface area contributed by atoms with E-state index in [0.717, 1.165) is 78.0 Å². The van der Waals surface area contributed by atoms with Gasteiger partial charge in [-0.05, 0) is 44.4 Å². The first-order valence-corrected chi connectivity index (χ1v) is 10.5. The van der Waals surface area contributed by atoms with Gasteiger partial charge in [-0.1, -0.05) is 12.8 Å². The van der Waals surface area contributed by atoms with Crippen molar-refractivity contribution in [3.63, 3.8) is 0 Å². The van der Waals surface area contributed by atoms with Crippen LogP contribution in [-0.2, 0) is 14.2 Å². The van der Waals surface area contributed by atoms with Gasteiger partial charge < -0.3 is 24.8 Å². The van der Waals surface area contributed by atoms with E-state index in [0.29, 0.717) is 11.3 Å². The van der Waals surface area contributed by atoms with Gasteiger partial charge in [-0.3, -0.25) is 4.99 Å². The summed E-state index contributed by atoms with van der Waals surface area (Å²) in [5, 5.41) is 6.95. The highest BCUT2D eigenvalue weighted by Crippen LogP contribution is 2.40. The lowest BCUT2D eigenvalue weighted by molar-refractivity contribution is 0.0887. The van der Waals surface area contributed by atoms with E-state index < -0.39 is 0 Å². The first kappa shape index (κ1) is 21.5. The Balaban J connectivity index is 1.57. The summed E-state index contributed by atoms with van der Waals surface area (Å²) in [5.41, 5.74) is 0.374. The average molecular weight is 370 g/mol. The molecule has 1 saturated carbocycles. The van der Waals surface area contributed by atoms with Crippen LogP contribution in [0, 0.1) is 11.3 Å². The van der Waals surface area contributed by atoms with Crippen molar-refractivity contribution in [3.05, 3.63) is 0 Å². The highest BCUT2D eigenvalue weighted by atomic mass is 16.5. The summed E-state index contributed by atoms with van der Waals surface area (Å²) in [5.74, 6) is 1.49. The molecule has 2 rings (SSSR count). The second-order valence-corrected chi connectivity index (χ2v) is 7.66. The van der Waals surface area contributed by atoms with Gasteiger partial charge in [-0.25, -0.2) is 0 Å². The van der Waals surface area contributed by atoms with Gasteiger partial charge in [-0.2, -0.15) is 0 Å². The van der Waals surface area contributed by atoms with Crippen LogP contribution in [0.1, 0.15) is 51.9 Å². The monoisotopic (exact) mass is 369 g/mol. The van der Waals surface area contributed by atoms with E-state index in [-0.39, 0.29) is 0 Å². The van der Waals surface area contributed by atoms with E-state index in [1.54, 1.807) is 0 Å². The number of rotatable bonds is 12. The Bertz CT molecular complexity index is 392. The van der Waals surface area contributed by atoms with Crippen LogP contribution in [0.3, 0.4) is 0 Å². The topological polar surface area (TPSA) is 64.1 Å². The summed E-state index contributed by atoms with van der Waals surface area (Å²) in [6.07, 6.45) is 8.53. The summed E-state index contributed by atoms with van der Waals surface area (Å²) in [7, 11) is 1.84. The molecule has 1 atom stereocenters. The summed E-state index contributed by atoms with van der Waals surface area (Å²) in [4.78, 5) is 4.36. The Hall–Kier alpha value is -0.850. The standard InChI is InChI=1S/C20H39N3O3/c1-3-24-14-10-20(8-4-5-9-20)17-23-19(21-2)22-11-6-12-25-15-18-7-13-26-16-18/h18H,3-17H2,1-2H3,(H2,21,22,23). The molecule has 0 bridgehead atoms. The third-order valence-electron chi connectivity index (χ3n) is 5.63. The predicted octanol–water partition coefficient (Wildman–Crippen LogP) is 2.58. The van der Waals surface area contributed by atoms with Gasteiger partial charge in [0, 0.05) is 52.5 Å². The number of nitrogens with zero attached hydrogens (tertiary/aromatic N) is 1. The smallest absolute Gasteiger partial charge is 0.190 e. The van der Waals surface area contributed by atoms with Gasteiger partial charge in [0.2, 0.25) is 0 Å². The van der Waals surface area contributed by atoms with Crippen molar-refractivity contribution in [1.29, 1.82) is 0 Å². The fraction of sp³-hybridized carbons (Fsp3) is 0.950. The molecule has 1 aliphatic heterocycles. The van der Waals surface area contributed by atoms with Crippen molar-refractivity contribution < 1.29 is 14.2 Å². The van der Waals surface area contributed by atoms with Gasteiger partial charge in [0.05, 0.1) is 13.2 Å². The van der Waals surface area contributed by atoms with Crippen LogP contribution in [0.2, 0.25) is 0 Å². The Morgan fingerprint density at radius 1 is 1.19 bits per heavy atom. The summed E-state index contributed by atoms with van der Waals surface area (Å²) in [6.45, 7) is 8.98. The molecule has 2 N–H and O–H groups in total. The molecule has 0 radical (unpaired) electrons. The predicted molar refractivity (Wildman–Crippen MR) is 106 cm³/mol. The maximum absolute atomic E-state index is 5.75. The first-order chi connectivity index (χ1) is 12.8. The zero-order chi connectivity index (χ0) is 18.5. The van der Waals surface area contributed by atoms with Crippen molar-refractivity contribution in [2.24, 2.45) is 16.3 Å². The minimum absolute atomic E-state index is 0.374. The Kier molecular flexibility index (Phi) is 10.3. The molecule has 0 spiro atoms. The quantitative estimate of drug-likeness (QED) is 0.314. The SMILES string of the molecule is CCOCCC1(CNC(=NC)NCCCOCC2CCOC2)CCCC1. The van der Waals surface area contributed by atoms with E-state index in [4.69, 9.17) is 14.2 Å². The molecule has 0 aromatic carbocycles. The highest BCUT2D eigenvalue weighted by Gasteiger charge is 2.33. The number of ether oxygens (including phenoxy) is 3. The minimum atomic E-state index is 0.374. The molecule has 1 aliphatic carbocycles. The lowest BCUT2D eigenvalue weighted by Crippen LogP contribution is -2.43. The molecule has 2 fully saturated rings. The zero-order valence-electron chi connectivity index (χ0n) is 16.9. The third-order valence-corrected chi connectivity index (χ3v) is 5.63. The summed E-state index contributed by atoms with van der Waals surface area (Å²) >= 11 is 0. The van der Waals surface area contributed by atoms with E-state index in [1.165, 1.54) is 25.7 Å². The Morgan fingerprint density at radius 3 is 2.73 bits per heavy atom. The van der Waals surface area contributed by atoms with Crippen LogP contribution < -0.4 is 10.6 Å². The molecule has 0 amide bonds. The lowest BCUT2D eigenvalue weighted by Gasteiger charge is -2.30. The summed E-state index contributed by atoms with van der Waals surface area (Å²) < 4.78 is 16.7. The van der Waals surface area contributed by atoms with Crippen molar-refractivity contribution >= 4 is 5.96 Å². The molecular formula is C20H39N3O3. The minimum Gasteiger partial charge on any atom is -0.382 e. The molecular weight excluding hydrogens is 330 g/mol. The first-order valence-electron chi connectivity index (χ1n) is 10.5. The zero-order valence-corrected chi connectivity index (χ0v) is 16.9. The summed E-state index contributed by atoms with van der Waals surface area (Å²) in [6, 6.07) is 0. The van der Waals surface area contributed by atoms with Crippen molar-refractivity contribution in [1.82, 2.24) is 10.6 Å². The second-order valence-electron chi connectivity index (χ2n) is 7.66. The van der Waals surface area contributed by atoms with Crippen LogP contribution in [0.5, 0.6) is 0 Å². The number of aliphatic imine (C=N–C) groups is 1. The van der Waals surface area contributed by atoms with Crippen molar-refractivity contribution in [2.75, 3.05) is 59.8 Å². The normalized spacial score (nSPS) is 22.7.